The van der Waals surface area contributed by atoms with Crippen molar-refractivity contribution in [1.29, 1.82) is 0 Å². The molecule has 0 unspecified atom stereocenters. The molecule has 0 spiro atoms. The van der Waals surface area contributed by atoms with E-state index in [0.29, 0.717) is 5.92 Å². The fourth-order valence-corrected chi connectivity index (χ4v) is 3.40. The molecule has 0 radical (unpaired) electrons. The molecule has 0 aromatic heterocycles. The van der Waals surface area contributed by atoms with E-state index in [2.05, 4.69) is 18.3 Å². The van der Waals surface area contributed by atoms with Crippen LogP contribution < -0.4 is 5.32 Å². The minimum absolute atomic E-state index is 0.0425. The summed E-state index contributed by atoms with van der Waals surface area (Å²) < 4.78 is 0. The summed E-state index contributed by atoms with van der Waals surface area (Å²) in [5.41, 5.74) is 0.571. The second-order valence-electron chi connectivity index (χ2n) is 8.15. The molecule has 2 atom stereocenters. The number of phenols is 1. The second-order valence-corrected chi connectivity index (χ2v) is 8.15. The molecular weight excluding hydrogens is 430 g/mol. The van der Waals surface area contributed by atoms with Crippen molar-refractivity contribution in [2.45, 2.75) is 38.6 Å². The van der Waals surface area contributed by atoms with Gasteiger partial charge in [0.05, 0.1) is 12.6 Å². The molecule has 2 rings (SSSR count). The minimum atomic E-state index is -0.735. The highest BCUT2D eigenvalue weighted by Gasteiger charge is 2.37. The van der Waals surface area contributed by atoms with Gasteiger partial charge < -0.3 is 20.6 Å². The van der Waals surface area contributed by atoms with Crippen molar-refractivity contribution in [3.05, 3.63) is 102 Å². The molecule has 180 valence electrons. The number of benzene rings is 1. The Morgan fingerprint density at radius 3 is 2.38 bits per heavy atom. The summed E-state index contributed by atoms with van der Waals surface area (Å²) in [4.78, 5) is 24.8. The molecular formula is C28H33NO5. The summed E-state index contributed by atoms with van der Waals surface area (Å²) >= 11 is 0. The number of phenolic OH excluding ortho intramolecular Hbond substituents is 1. The summed E-state index contributed by atoms with van der Waals surface area (Å²) in [5.74, 6) is -0.718. The zero-order chi connectivity index (χ0) is 24.8. The molecule has 0 saturated carbocycles. The lowest BCUT2D eigenvalue weighted by Crippen LogP contribution is -2.31. The van der Waals surface area contributed by atoms with E-state index in [-0.39, 0.29) is 30.1 Å². The Bertz CT molecular complexity index is 996. The number of hydrogen-bond donors (Lipinski definition) is 4. The van der Waals surface area contributed by atoms with Gasteiger partial charge in [-0.2, -0.15) is 0 Å². The van der Waals surface area contributed by atoms with Crippen LogP contribution in [0.25, 0.3) is 0 Å². The Morgan fingerprint density at radius 2 is 1.68 bits per heavy atom. The number of rotatable bonds is 12. The van der Waals surface area contributed by atoms with Gasteiger partial charge >= 0.3 is 0 Å². The topological polar surface area (TPSA) is 107 Å². The molecule has 4 N–H and O–H groups in total. The zero-order valence-electron chi connectivity index (χ0n) is 19.4. The molecule has 34 heavy (non-hydrogen) atoms. The van der Waals surface area contributed by atoms with Crippen molar-refractivity contribution in [2.75, 3.05) is 6.61 Å². The van der Waals surface area contributed by atoms with Gasteiger partial charge in [-0.15, -0.1) is 0 Å². The number of nitrogens with one attached hydrogen (secondary N) is 1. The molecule has 1 aliphatic heterocycles. The Morgan fingerprint density at radius 1 is 1.00 bits per heavy atom. The van der Waals surface area contributed by atoms with Crippen molar-refractivity contribution >= 4 is 11.7 Å². The van der Waals surface area contributed by atoms with Crippen LogP contribution in [0.5, 0.6) is 5.75 Å². The number of allylic oxidation sites excluding steroid dienone is 9. The van der Waals surface area contributed by atoms with Crippen LogP contribution in [0, 0.1) is 5.92 Å². The number of aromatic hydroxyl groups is 1. The first kappa shape index (κ1) is 26.6. The SMILES string of the molecule is C[C@@H](C/C=C/C=C\C=C\CO)CC/C=C/C=C/C(O)=C1/C(=O)N[C@@H](Cc2ccc(O)cc2)C1=O. The number of aliphatic hydroxyl groups excluding tert-OH is 2. The van der Waals surface area contributed by atoms with Gasteiger partial charge in [0, 0.05) is 6.42 Å². The van der Waals surface area contributed by atoms with Crippen LogP contribution in [0.2, 0.25) is 0 Å². The number of aliphatic hydroxyl groups is 2. The van der Waals surface area contributed by atoms with Crippen LogP contribution in [0.4, 0.5) is 0 Å². The van der Waals surface area contributed by atoms with Crippen LogP contribution in [0.15, 0.2) is 96.4 Å². The van der Waals surface area contributed by atoms with Gasteiger partial charge in [0.2, 0.25) is 0 Å². The van der Waals surface area contributed by atoms with Gasteiger partial charge in [0.1, 0.15) is 17.1 Å². The van der Waals surface area contributed by atoms with Crippen LogP contribution >= 0.6 is 0 Å². The average molecular weight is 464 g/mol. The maximum absolute atomic E-state index is 12.6. The third-order valence-corrected chi connectivity index (χ3v) is 5.30. The van der Waals surface area contributed by atoms with Crippen LogP contribution in [0.3, 0.4) is 0 Å². The zero-order valence-corrected chi connectivity index (χ0v) is 19.4. The lowest BCUT2D eigenvalue weighted by molar-refractivity contribution is -0.117. The Kier molecular flexibility index (Phi) is 11.3. The fraction of sp³-hybridized carbons (Fsp3) is 0.286. The molecule has 1 aromatic carbocycles. The van der Waals surface area contributed by atoms with Gasteiger partial charge in [0.15, 0.2) is 5.78 Å². The van der Waals surface area contributed by atoms with Gasteiger partial charge in [-0.05, 0) is 49.0 Å². The van der Waals surface area contributed by atoms with Crippen LogP contribution in [0.1, 0.15) is 31.7 Å². The molecule has 0 bridgehead atoms. The minimum Gasteiger partial charge on any atom is -0.508 e. The van der Waals surface area contributed by atoms with Crippen molar-refractivity contribution < 1.29 is 24.9 Å². The van der Waals surface area contributed by atoms with E-state index in [1.807, 2.05) is 24.3 Å². The molecule has 6 heteroatoms. The van der Waals surface area contributed by atoms with Crippen molar-refractivity contribution in [2.24, 2.45) is 5.92 Å². The Hall–Kier alpha value is -3.64. The Balaban J connectivity index is 1.79. The van der Waals surface area contributed by atoms with E-state index in [0.717, 1.165) is 24.8 Å². The van der Waals surface area contributed by atoms with E-state index in [4.69, 9.17) is 5.11 Å². The highest BCUT2D eigenvalue weighted by molar-refractivity contribution is 6.27. The fourth-order valence-electron chi connectivity index (χ4n) is 3.40. The van der Waals surface area contributed by atoms with Crippen LogP contribution in [-0.2, 0) is 16.0 Å². The molecule has 1 aromatic rings. The largest absolute Gasteiger partial charge is 0.508 e. The van der Waals surface area contributed by atoms with Gasteiger partial charge in [-0.25, -0.2) is 0 Å². The maximum atomic E-state index is 12.6. The van der Waals surface area contributed by atoms with E-state index < -0.39 is 17.7 Å². The predicted molar refractivity (Wildman–Crippen MR) is 134 cm³/mol. The van der Waals surface area contributed by atoms with Crippen molar-refractivity contribution in [3.63, 3.8) is 0 Å². The lowest BCUT2D eigenvalue weighted by Gasteiger charge is -2.07. The molecule has 1 heterocycles. The molecule has 1 fully saturated rings. The summed E-state index contributed by atoms with van der Waals surface area (Å²) in [7, 11) is 0. The molecule has 0 aliphatic carbocycles. The number of amides is 1. The summed E-state index contributed by atoms with van der Waals surface area (Å²) in [6.45, 7) is 2.22. The second kappa shape index (κ2) is 14.5. The molecule has 1 amide bonds. The standard InChI is InChI=1S/C28H33NO5/c1-21(12-8-4-2-3-7-11-19-30)13-9-5-6-10-14-25(32)26-27(33)24(29-28(26)34)20-22-15-17-23(31)18-16-22/h2-8,10-11,14-18,21,24,30-32H,9,12-13,19-20H2,1H3,(H,29,34)/b3-2-,6-5+,8-4+,11-7+,14-10+,26-25-/t21-,24-/m0/s1. The van der Waals surface area contributed by atoms with Crippen LogP contribution in [-0.4, -0.2) is 39.7 Å². The van der Waals surface area contributed by atoms with E-state index in [9.17, 15) is 19.8 Å². The smallest absolute Gasteiger partial charge is 0.259 e. The highest BCUT2D eigenvalue weighted by atomic mass is 16.3. The van der Waals surface area contributed by atoms with Crippen molar-refractivity contribution in [1.82, 2.24) is 5.32 Å². The van der Waals surface area contributed by atoms with Gasteiger partial charge in [-0.3, -0.25) is 9.59 Å². The average Bonchev–Trinajstić information content (AvgIpc) is 3.09. The quantitative estimate of drug-likeness (QED) is 0.159. The monoisotopic (exact) mass is 463 g/mol. The number of ketones is 1. The van der Waals surface area contributed by atoms with Gasteiger partial charge in [-0.1, -0.05) is 73.7 Å². The molecule has 1 saturated heterocycles. The van der Waals surface area contributed by atoms with Crippen molar-refractivity contribution in [3.8, 4) is 5.75 Å². The normalized spacial score (nSPS) is 19.4. The third-order valence-electron chi connectivity index (χ3n) is 5.30. The first-order chi connectivity index (χ1) is 16.4. The summed E-state index contributed by atoms with van der Waals surface area (Å²) in [5, 5.41) is 30.9. The molecule has 6 nitrogen and oxygen atoms in total. The number of carbonyl (C=O) groups is 2. The summed E-state index contributed by atoms with van der Waals surface area (Å²) in [6.07, 6.45) is 21.2. The van der Waals surface area contributed by atoms with Gasteiger partial charge in [0.25, 0.3) is 5.91 Å². The predicted octanol–water partition coefficient (Wildman–Crippen LogP) is 4.39. The maximum Gasteiger partial charge on any atom is 0.259 e. The van der Waals surface area contributed by atoms with E-state index >= 15 is 0 Å². The third kappa shape index (κ3) is 9.08. The number of carbonyl (C=O) groups excluding carboxylic acids is 2. The first-order valence-corrected chi connectivity index (χ1v) is 11.4. The number of Topliss-reactive ketones (excluding diaryl/α,β-unsaturated/α-hetero) is 1. The first-order valence-electron chi connectivity index (χ1n) is 11.4. The molecule has 1 aliphatic rings. The van der Waals surface area contributed by atoms with E-state index in [1.54, 1.807) is 36.4 Å². The number of hydrogen-bond acceptors (Lipinski definition) is 5. The lowest BCUT2D eigenvalue weighted by atomic mass is 10.0. The highest BCUT2D eigenvalue weighted by Crippen LogP contribution is 2.19. The summed E-state index contributed by atoms with van der Waals surface area (Å²) in [6, 6.07) is 5.69. The Labute approximate surface area is 201 Å². The van der Waals surface area contributed by atoms with E-state index in [1.165, 1.54) is 18.2 Å².